The number of amides is 3. The first-order valence-corrected chi connectivity index (χ1v) is 9.24. The summed E-state index contributed by atoms with van der Waals surface area (Å²) in [6.45, 7) is 0.487. The smallest absolute Gasteiger partial charge is 0.315 e. The molecular weight excluding hydrogens is 334 g/mol. The summed E-state index contributed by atoms with van der Waals surface area (Å²) >= 11 is 7.35. The predicted octanol–water partition coefficient (Wildman–Crippen LogP) is 2.50. The number of halogens is 1. The molecule has 1 saturated heterocycles. The van der Waals surface area contributed by atoms with Gasteiger partial charge in [-0.1, -0.05) is 30.2 Å². The summed E-state index contributed by atoms with van der Waals surface area (Å²) < 4.78 is 0. The van der Waals surface area contributed by atoms with Crippen LogP contribution in [0.5, 0.6) is 0 Å². The van der Waals surface area contributed by atoms with Crippen LogP contribution in [-0.4, -0.2) is 29.1 Å². The third-order valence-electron chi connectivity index (χ3n) is 4.35. The number of carbonyl (C=O) groups is 2. The molecule has 2 fully saturated rings. The van der Waals surface area contributed by atoms with Gasteiger partial charge in [0.05, 0.1) is 11.1 Å². The van der Waals surface area contributed by atoms with Gasteiger partial charge in [0.2, 0.25) is 5.91 Å². The zero-order chi connectivity index (χ0) is 16.2. The van der Waals surface area contributed by atoms with E-state index in [0.29, 0.717) is 23.2 Å². The monoisotopic (exact) mass is 353 g/mol. The Kier molecular flexibility index (Phi) is 5.33. The molecule has 3 N–H and O–H groups in total. The van der Waals surface area contributed by atoms with Crippen molar-refractivity contribution in [2.45, 2.75) is 37.2 Å². The molecule has 3 amide bonds. The van der Waals surface area contributed by atoms with Crippen molar-refractivity contribution in [3.8, 4) is 0 Å². The van der Waals surface area contributed by atoms with E-state index in [9.17, 15) is 9.59 Å². The van der Waals surface area contributed by atoms with Crippen molar-refractivity contribution >= 4 is 35.3 Å². The summed E-state index contributed by atoms with van der Waals surface area (Å²) in [5, 5.41) is 9.52. The zero-order valence-corrected chi connectivity index (χ0v) is 14.3. The SMILES string of the molecule is O=C(CSC1NC(=O)NC2CCCC21)NCc1ccc(Cl)cc1. The Hall–Kier alpha value is -1.40. The quantitative estimate of drug-likeness (QED) is 0.761. The Morgan fingerprint density at radius 3 is 2.83 bits per heavy atom. The lowest BCUT2D eigenvalue weighted by Gasteiger charge is -2.34. The number of benzene rings is 1. The van der Waals surface area contributed by atoms with Gasteiger partial charge >= 0.3 is 6.03 Å². The molecule has 0 radical (unpaired) electrons. The molecule has 1 aromatic carbocycles. The first-order valence-electron chi connectivity index (χ1n) is 7.81. The lowest BCUT2D eigenvalue weighted by Crippen LogP contribution is -2.57. The number of hydrogen-bond acceptors (Lipinski definition) is 3. The minimum Gasteiger partial charge on any atom is -0.351 e. The van der Waals surface area contributed by atoms with E-state index in [-0.39, 0.29) is 23.4 Å². The fourth-order valence-electron chi connectivity index (χ4n) is 3.16. The molecule has 3 unspecified atom stereocenters. The van der Waals surface area contributed by atoms with Crippen LogP contribution in [0.25, 0.3) is 0 Å². The highest BCUT2D eigenvalue weighted by molar-refractivity contribution is 8.00. The summed E-state index contributed by atoms with van der Waals surface area (Å²) in [6, 6.07) is 7.55. The van der Waals surface area contributed by atoms with Crippen molar-refractivity contribution < 1.29 is 9.59 Å². The lowest BCUT2D eigenvalue weighted by atomic mass is 10.0. The highest BCUT2D eigenvalue weighted by Crippen LogP contribution is 2.35. The Morgan fingerprint density at radius 2 is 2.04 bits per heavy atom. The van der Waals surface area contributed by atoms with E-state index >= 15 is 0 Å². The molecule has 3 rings (SSSR count). The van der Waals surface area contributed by atoms with Crippen molar-refractivity contribution in [1.82, 2.24) is 16.0 Å². The molecule has 7 heteroatoms. The Bertz CT molecular complexity index is 581. The fourth-order valence-corrected chi connectivity index (χ4v) is 4.48. The van der Waals surface area contributed by atoms with Gasteiger partial charge in [0, 0.05) is 23.5 Å². The molecule has 5 nitrogen and oxygen atoms in total. The second kappa shape index (κ2) is 7.45. The van der Waals surface area contributed by atoms with E-state index in [4.69, 9.17) is 11.6 Å². The van der Waals surface area contributed by atoms with Crippen LogP contribution in [0, 0.1) is 5.92 Å². The number of carbonyl (C=O) groups excluding carboxylic acids is 2. The summed E-state index contributed by atoms with van der Waals surface area (Å²) in [4.78, 5) is 23.7. The van der Waals surface area contributed by atoms with Crippen LogP contribution >= 0.6 is 23.4 Å². The van der Waals surface area contributed by atoms with E-state index in [1.54, 1.807) is 0 Å². The normalized spacial score (nSPS) is 26.1. The molecule has 2 aliphatic rings. The van der Waals surface area contributed by atoms with Gasteiger partial charge in [0.1, 0.15) is 0 Å². The van der Waals surface area contributed by atoms with Crippen LogP contribution in [0.1, 0.15) is 24.8 Å². The molecule has 1 heterocycles. The minimum atomic E-state index is -0.118. The van der Waals surface area contributed by atoms with Gasteiger partial charge in [0.15, 0.2) is 0 Å². The van der Waals surface area contributed by atoms with Crippen molar-refractivity contribution in [2.24, 2.45) is 5.92 Å². The Balaban J connectivity index is 1.45. The van der Waals surface area contributed by atoms with E-state index in [2.05, 4.69) is 16.0 Å². The first kappa shape index (κ1) is 16.5. The third-order valence-corrected chi connectivity index (χ3v) is 5.85. The van der Waals surface area contributed by atoms with Gasteiger partial charge in [-0.25, -0.2) is 4.79 Å². The Labute approximate surface area is 144 Å². The summed E-state index contributed by atoms with van der Waals surface area (Å²) in [6.07, 6.45) is 3.27. The maximum atomic E-state index is 12.0. The highest BCUT2D eigenvalue weighted by atomic mass is 35.5. The third kappa shape index (κ3) is 4.32. The van der Waals surface area contributed by atoms with Crippen LogP contribution in [0.4, 0.5) is 4.79 Å². The van der Waals surface area contributed by atoms with Crippen molar-refractivity contribution in [3.63, 3.8) is 0 Å². The minimum absolute atomic E-state index is 0.0210. The largest absolute Gasteiger partial charge is 0.351 e. The van der Waals surface area contributed by atoms with Crippen molar-refractivity contribution in [1.29, 1.82) is 0 Å². The molecule has 3 atom stereocenters. The summed E-state index contributed by atoms with van der Waals surface area (Å²) in [5.41, 5.74) is 1.01. The number of nitrogens with one attached hydrogen (secondary N) is 3. The molecule has 0 aromatic heterocycles. The van der Waals surface area contributed by atoms with Crippen LogP contribution < -0.4 is 16.0 Å². The zero-order valence-electron chi connectivity index (χ0n) is 12.7. The number of rotatable bonds is 5. The predicted molar refractivity (Wildman–Crippen MR) is 92.3 cm³/mol. The molecule has 23 heavy (non-hydrogen) atoms. The average molecular weight is 354 g/mol. The number of thioether (sulfide) groups is 1. The lowest BCUT2D eigenvalue weighted by molar-refractivity contribution is -0.118. The summed E-state index contributed by atoms with van der Waals surface area (Å²) in [5.74, 6) is 0.746. The molecule has 0 spiro atoms. The van der Waals surface area contributed by atoms with Gasteiger partial charge in [-0.15, -0.1) is 11.8 Å². The van der Waals surface area contributed by atoms with Crippen LogP contribution in [0.15, 0.2) is 24.3 Å². The van der Waals surface area contributed by atoms with Crippen LogP contribution in [0.2, 0.25) is 5.02 Å². The second-order valence-electron chi connectivity index (χ2n) is 5.95. The standard InChI is InChI=1S/C16H20ClN3O2S/c17-11-6-4-10(5-7-11)8-18-14(21)9-23-15-12-2-1-3-13(12)19-16(22)20-15/h4-7,12-13,15H,1-3,8-9H2,(H,18,21)(H2,19,20,22). The number of hydrogen-bond donors (Lipinski definition) is 3. The maximum absolute atomic E-state index is 12.0. The van der Waals surface area contributed by atoms with E-state index in [1.807, 2.05) is 24.3 Å². The van der Waals surface area contributed by atoms with Gasteiger partial charge in [0.25, 0.3) is 0 Å². The van der Waals surface area contributed by atoms with Crippen LogP contribution in [-0.2, 0) is 11.3 Å². The number of fused-ring (bicyclic) bond motifs is 1. The first-order chi connectivity index (χ1) is 11.1. The topological polar surface area (TPSA) is 70.2 Å². The molecule has 124 valence electrons. The summed E-state index contributed by atoms with van der Waals surface area (Å²) in [7, 11) is 0. The molecule has 1 saturated carbocycles. The van der Waals surface area contributed by atoms with E-state index in [1.165, 1.54) is 11.8 Å². The van der Waals surface area contributed by atoms with Crippen molar-refractivity contribution in [2.75, 3.05) is 5.75 Å². The average Bonchev–Trinajstić information content (AvgIpc) is 3.00. The molecule has 0 bridgehead atoms. The molecule has 1 aliphatic carbocycles. The fraction of sp³-hybridized carbons (Fsp3) is 0.500. The van der Waals surface area contributed by atoms with Crippen molar-refractivity contribution in [3.05, 3.63) is 34.9 Å². The van der Waals surface area contributed by atoms with Crippen LogP contribution in [0.3, 0.4) is 0 Å². The van der Waals surface area contributed by atoms with E-state index < -0.39 is 0 Å². The Morgan fingerprint density at radius 1 is 1.26 bits per heavy atom. The van der Waals surface area contributed by atoms with Gasteiger partial charge in [-0.3, -0.25) is 4.79 Å². The molecular formula is C16H20ClN3O2S. The van der Waals surface area contributed by atoms with Gasteiger partial charge < -0.3 is 16.0 Å². The number of urea groups is 1. The van der Waals surface area contributed by atoms with E-state index in [0.717, 1.165) is 24.8 Å². The highest BCUT2D eigenvalue weighted by Gasteiger charge is 2.39. The maximum Gasteiger partial charge on any atom is 0.315 e. The second-order valence-corrected chi connectivity index (χ2v) is 7.52. The van der Waals surface area contributed by atoms with Gasteiger partial charge in [-0.05, 0) is 30.5 Å². The molecule has 1 aliphatic heterocycles. The molecule has 1 aromatic rings. The van der Waals surface area contributed by atoms with Gasteiger partial charge in [-0.2, -0.15) is 0 Å².